The van der Waals surface area contributed by atoms with Crippen LogP contribution in [0.25, 0.3) is 0 Å². The van der Waals surface area contributed by atoms with E-state index < -0.39 is 0 Å². The van der Waals surface area contributed by atoms with E-state index in [9.17, 15) is 19.8 Å². The minimum Gasteiger partial charge on any atom is -0.387 e. The second-order valence-corrected chi connectivity index (χ2v) is 11.1. The van der Waals surface area contributed by atoms with Crippen LogP contribution in [0.15, 0.2) is 0 Å². The Balaban J connectivity index is 1.07. The van der Waals surface area contributed by atoms with E-state index in [4.69, 9.17) is 0 Å². The number of hydrogen-bond donors (Lipinski definition) is 2. The maximum atomic E-state index is 12.5. The van der Waals surface area contributed by atoms with E-state index in [1.807, 2.05) is 0 Å². The van der Waals surface area contributed by atoms with Gasteiger partial charge in [0.1, 0.15) is 38.4 Å². The molecule has 0 aliphatic carbocycles. The molecule has 6 heteroatoms. The van der Waals surface area contributed by atoms with E-state index >= 15 is 0 Å². The van der Waals surface area contributed by atoms with Crippen LogP contribution in [-0.4, -0.2) is 95.3 Å². The molecule has 6 aliphatic rings. The molecule has 4 bridgehead atoms. The summed E-state index contributed by atoms with van der Waals surface area (Å²) in [5.41, 5.74) is 0. The van der Waals surface area contributed by atoms with Crippen LogP contribution in [0.4, 0.5) is 0 Å². The number of ketones is 2. The van der Waals surface area contributed by atoms with Crippen molar-refractivity contribution in [2.75, 3.05) is 52.4 Å². The summed E-state index contributed by atoms with van der Waals surface area (Å²) >= 11 is 0. The Kier molecular flexibility index (Phi) is 6.98. The normalized spacial score (nSPS) is 39.9. The van der Waals surface area contributed by atoms with E-state index in [0.717, 1.165) is 99.6 Å². The van der Waals surface area contributed by atoms with E-state index in [1.165, 1.54) is 0 Å². The maximum Gasteiger partial charge on any atom is 0.186 e. The number of unbranched alkanes of at least 4 members (excludes halogenated alkanes) is 3. The number of aliphatic hydroxyl groups is 2. The van der Waals surface area contributed by atoms with Crippen molar-refractivity contribution in [2.45, 2.75) is 76.4 Å². The molecule has 0 saturated carbocycles. The van der Waals surface area contributed by atoms with Gasteiger partial charge in [0.25, 0.3) is 0 Å². The molecule has 170 valence electrons. The lowest BCUT2D eigenvalue weighted by Crippen LogP contribution is -2.65. The van der Waals surface area contributed by atoms with Crippen LogP contribution in [-0.2, 0) is 9.59 Å². The summed E-state index contributed by atoms with van der Waals surface area (Å²) in [6.07, 6.45) is 9.05. The fraction of sp³-hybridized carbons (Fsp3) is 0.917. The van der Waals surface area contributed by atoms with Crippen LogP contribution in [0.1, 0.15) is 64.2 Å². The Bertz CT molecular complexity index is 567. The number of aliphatic hydroxyl groups excluding tert-OH is 2. The van der Waals surface area contributed by atoms with Crippen LogP contribution in [0.3, 0.4) is 0 Å². The van der Waals surface area contributed by atoms with Crippen molar-refractivity contribution in [1.29, 1.82) is 0 Å². The number of fused-ring (bicyclic) bond motifs is 6. The molecule has 2 atom stereocenters. The molecular weight excluding hydrogens is 380 g/mol. The summed E-state index contributed by atoms with van der Waals surface area (Å²) in [7, 11) is 0. The van der Waals surface area contributed by atoms with Gasteiger partial charge in [-0.15, -0.1) is 0 Å². The topological polar surface area (TPSA) is 74.6 Å². The van der Waals surface area contributed by atoms with Gasteiger partial charge in [-0.05, 0) is 12.8 Å². The number of quaternary nitrogens is 2. The number of piperidine rings is 6. The molecule has 0 aromatic carbocycles. The van der Waals surface area contributed by atoms with Crippen LogP contribution in [0.5, 0.6) is 0 Å². The Morgan fingerprint density at radius 3 is 1.33 bits per heavy atom. The quantitative estimate of drug-likeness (QED) is 0.392. The first-order valence-electron chi connectivity index (χ1n) is 12.5. The van der Waals surface area contributed by atoms with Gasteiger partial charge in [-0.25, -0.2) is 0 Å². The van der Waals surface area contributed by atoms with E-state index in [2.05, 4.69) is 0 Å². The third-order valence-electron chi connectivity index (χ3n) is 8.82. The van der Waals surface area contributed by atoms with Gasteiger partial charge in [-0.2, -0.15) is 0 Å². The first-order chi connectivity index (χ1) is 14.4. The van der Waals surface area contributed by atoms with Crippen LogP contribution < -0.4 is 0 Å². The van der Waals surface area contributed by atoms with Crippen molar-refractivity contribution < 1.29 is 28.8 Å². The number of rotatable bonds is 11. The predicted molar refractivity (Wildman–Crippen MR) is 115 cm³/mol. The summed E-state index contributed by atoms with van der Waals surface area (Å²) < 4.78 is 1.64. The highest BCUT2D eigenvalue weighted by Crippen LogP contribution is 2.35. The summed E-state index contributed by atoms with van der Waals surface area (Å²) in [6, 6.07) is 0. The minimum absolute atomic E-state index is 0.206. The Labute approximate surface area is 181 Å². The molecule has 0 radical (unpaired) electrons. The number of carbonyl (C=O) groups is 2. The van der Waals surface area contributed by atoms with Gasteiger partial charge in [-0.1, -0.05) is 12.8 Å². The van der Waals surface area contributed by atoms with Crippen LogP contribution >= 0.6 is 0 Å². The molecule has 30 heavy (non-hydrogen) atoms. The zero-order valence-electron chi connectivity index (χ0n) is 18.6. The lowest BCUT2D eigenvalue weighted by atomic mass is 9.83. The molecule has 0 aromatic heterocycles. The molecule has 0 spiro atoms. The Morgan fingerprint density at radius 1 is 0.633 bits per heavy atom. The van der Waals surface area contributed by atoms with Gasteiger partial charge in [0.2, 0.25) is 0 Å². The number of nitrogens with zero attached hydrogens (tertiary/aromatic N) is 2. The van der Waals surface area contributed by atoms with Crippen molar-refractivity contribution >= 4 is 11.6 Å². The Morgan fingerprint density at radius 2 is 1.00 bits per heavy atom. The molecule has 0 amide bonds. The van der Waals surface area contributed by atoms with Crippen molar-refractivity contribution in [3.8, 4) is 0 Å². The van der Waals surface area contributed by atoms with E-state index in [-0.39, 0.29) is 12.2 Å². The third kappa shape index (κ3) is 5.14. The number of carbonyl (C=O) groups excluding carboxylic acids is 2. The zero-order valence-corrected chi connectivity index (χ0v) is 18.6. The third-order valence-corrected chi connectivity index (χ3v) is 8.82. The van der Waals surface area contributed by atoms with Gasteiger partial charge in [0.15, 0.2) is 11.6 Å². The van der Waals surface area contributed by atoms with Crippen molar-refractivity contribution in [2.24, 2.45) is 11.8 Å². The molecule has 6 saturated heterocycles. The summed E-state index contributed by atoms with van der Waals surface area (Å²) in [5, 5.41) is 20.4. The van der Waals surface area contributed by atoms with Crippen LogP contribution in [0, 0.1) is 11.8 Å². The fourth-order valence-electron chi connectivity index (χ4n) is 6.85. The highest BCUT2D eigenvalue weighted by Gasteiger charge is 2.46. The second kappa shape index (κ2) is 9.35. The van der Waals surface area contributed by atoms with Crippen molar-refractivity contribution in [3.05, 3.63) is 0 Å². The fourth-order valence-corrected chi connectivity index (χ4v) is 6.85. The SMILES string of the molecule is O=C(CCCCCCC(=O)C[N+]12CCC(CC1)[C@@H](O)C2)C[N+]12CCC(CC1)[C@H](O)C2. The molecule has 6 rings (SSSR count). The van der Waals surface area contributed by atoms with Gasteiger partial charge < -0.3 is 19.2 Å². The van der Waals surface area contributed by atoms with Gasteiger partial charge >= 0.3 is 0 Å². The average molecular weight is 423 g/mol. The molecule has 6 fully saturated rings. The number of Topliss-reactive ketones (excluding diaryl/α,β-unsaturated/α-hetero) is 2. The van der Waals surface area contributed by atoms with E-state index in [1.54, 1.807) is 0 Å². The highest BCUT2D eigenvalue weighted by atomic mass is 16.3. The van der Waals surface area contributed by atoms with Gasteiger partial charge in [-0.3, -0.25) is 9.59 Å². The van der Waals surface area contributed by atoms with Crippen molar-refractivity contribution in [1.82, 2.24) is 0 Å². The smallest absolute Gasteiger partial charge is 0.186 e. The van der Waals surface area contributed by atoms with Crippen LogP contribution in [0.2, 0.25) is 0 Å². The van der Waals surface area contributed by atoms with Crippen molar-refractivity contribution in [3.63, 3.8) is 0 Å². The first-order valence-corrected chi connectivity index (χ1v) is 12.5. The summed E-state index contributed by atoms with van der Waals surface area (Å²) in [5.74, 6) is 1.64. The minimum atomic E-state index is -0.206. The molecule has 0 aromatic rings. The monoisotopic (exact) mass is 422 g/mol. The average Bonchev–Trinajstić information content (AvgIpc) is 2.71. The molecule has 2 N–H and O–H groups in total. The molecular formula is C24H42N2O4+2. The predicted octanol–water partition coefficient (Wildman–Crippen LogP) is 1.67. The maximum absolute atomic E-state index is 12.5. The molecule has 6 aliphatic heterocycles. The lowest BCUT2D eigenvalue weighted by Gasteiger charge is -2.50. The summed E-state index contributed by atoms with van der Waals surface area (Å²) in [6.45, 7) is 7.01. The molecule has 6 nitrogen and oxygen atoms in total. The zero-order chi connectivity index (χ0) is 21.2. The highest BCUT2D eigenvalue weighted by molar-refractivity contribution is 5.80. The Hall–Kier alpha value is -0.820. The standard InChI is InChI=1S/C24H42N2O4/c27-21(15-25-11-7-19(8-12-25)23(29)17-25)5-3-1-2-4-6-22(28)16-26-13-9-20(10-14-26)24(30)18-26/h19-20,23-24,29-30H,1-18H2/q+2/t19?,20?,23-,24+,25?,26?. The molecule has 0 unspecified atom stereocenters. The lowest BCUT2D eigenvalue weighted by molar-refractivity contribution is -0.939. The molecule has 6 heterocycles. The van der Waals surface area contributed by atoms with E-state index in [0.29, 0.717) is 49.3 Å². The second-order valence-electron chi connectivity index (χ2n) is 11.1. The number of hydrogen-bond acceptors (Lipinski definition) is 4. The largest absolute Gasteiger partial charge is 0.387 e. The first kappa shape index (κ1) is 22.4. The summed E-state index contributed by atoms with van der Waals surface area (Å²) in [4.78, 5) is 25.0. The van der Waals surface area contributed by atoms with Gasteiger partial charge in [0.05, 0.1) is 26.2 Å². The van der Waals surface area contributed by atoms with Gasteiger partial charge in [0, 0.05) is 50.4 Å².